The van der Waals surface area contributed by atoms with Crippen molar-refractivity contribution in [3.8, 4) is 0 Å². The molecule has 146 valence electrons. The topological polar surface area (TPSA) is 62.3 Å². The quantitative estimate of drug-likeness (QED) is 0.870. The fourth-order valence-corrected chi connectivity index (χ4v) is 3.86. The highest BCUT2D eigenvalue weighted by Crippen LogP contribution is 2.30. The molecule has 4 rings (SSSR count). The summed E-state index contributed by atoms with van der Waals surface area (Å²) in [5.41, 5.74) is 3.58. The normalized spacial score (nSPS) is 17.4. The van der Waals surface area contributed by atoms with Gasteiger partial charge in [-0.15, -0.1) is 0 Å². The molecule has 1 N–H and O–H groups in total. The Morgan fingerprint density at radius 1 is 1.04 bits per heavy atom. The number of nitrogens with one attached hydrogen (secondary N) is 1. The molecule has 1 aliphatic heterocycles. The molecule has 5 heteroatoms. The van der Waals surface area contributed by atoms with E-state index in [1.54, 1.807) is 0 Å². The molecule has 0 bridgehead atoms. The zero-order chi connectivity index (χ0) is 19.5. The number of aryl methyl sites for hydroxylation is 1. The Kier molecular flexibility index (Phi) is 5.42. The van der Waals surface area contributed by atoms with Crippen LogP contribution in [0.2, 0.25) is 0 Å². The van der Waals surface area contributed by atoms with Gasteiger partial charge in [0.05, 0.1) is 17.7 Å². The number of piperidine rings is 1. The molecule has 28 heavy (non-hydrogen) atoms. The first-order chi connectivity index (χ1) is 13.6. The average molecular weight is 377 g/mol. The van der Waals surface area contributed by atoms with E-state index in [0.29, 0.717) is 18.0 Å². The number of carbonyl (C=O) groups excluding carboxylic acids is 2. The number of pyridine rings is 1. The maximum absolute atomic E-state index is 12.6. The van der Waals surface area contributed by atoms with Crippen molar-refractivity contribution in [2.45, 2.75) is 51.0 Å². The lowest BCUT2D eigenvalue weighted by Crippen LogP contribution is -2.39. The molecule has 0 unspecified atom stereocenters. The highest BCUT2D eigenvalue weighted by atomic mass is 16.2. The van der Waals surface area contributed by atoms with Crippen molar-refractivity contribution in [1.82, 2.24) is 15.2 Å². The SMILES string of the molecule is Cc1ccc(C(=O)NC2CC2)c(C2CCN(C(=O)Cc3ccccc3)CC2)n1. The van der Waals surface area contributed by atoms with Crippen molar-refractivity contribution in [3.63, 3.8) is 0 Å². The lowest BCUT2D eigenvalue weighted by atomic mass is 9.89. The van der Waals surface area contributed by atoms with Crippen LogP contribution in [0.1, 0.15) is 58.9 Å². The third-order valence-corrected chi connectivity index (χ3v) is 5.65. The number of rotatable bonds is 5. The monoisotopic (exact) mass is 377 g/mol. The van der Waals surface area contributed by atoms with Gasteiger partial charge in [-0.05, 0) is 50.3 Å². The van der Waals surface area contributed by atoms with Gasteiger partial charge in [0.2, 0.25) is 5.91 Å². The molecule has 0 radical (unpaired) electrons. The molecular weight excluding hydrogens is 350 g/mol. The zero-order valence-electron chi connectivity index (χ0n) is 16.4. The van der Waals surface area contributed by atoms with Gasteiger partial charge in [-0.2, -0.15) is 0 Å². The van der Waals surface area contributed by atoms with E-state index >= 15 is 0 Å². The second-order valence-electron chi connectivity index (χ2n) is 7.95. The molecule has 1 saturated carbocycles. The van der Waals surface area contributed by atoms with Crippen LogP contribution in [-0.4, -0.2) is 40.8 Å². The molecule has 2 amide bonds. The molecule has 0 atom stereocenters. The standard InChI is InChI=1S/C23H27N3O2/c1-16-7-10-20(23(28)25-19-8-9-19)22(24-16)18-11-13-26(14-12-18)21(27)15-17-5-3-2-4-6-17/h2-7,10,18-19H,8-9,11-15H2,1H3,(H,25,28). The Labute approximate surface area is 166 Å². The van der Waals surface area contributed by atoms with E-state index in [1.165, 1.54) is 0 Å². The van der Waals surface area contributed by atoms with E-state index in [2.05, 4.69) is 5.32 Å². The van der Waals surface area contributed by atoms with Crippen molar-refractivity contribution in [2.24, 2.45) is 0 Å². The number of hydrogen-bond donors (Lipinski definition) is 1. The summed E-state index contributed by atoms with van der Waals surface area (Å²) in [6.45, 7) is 3.40. The first-order valence-electron chi connectivity index (χ1n) is 10.2. The van der Waals surface area contributed by atoms with Crippen molar-refractivity contribution >= 4 is 11.8 Å². The maximum Gasteiger partial charge on any atom is 0.253 e. The molecule has 2 aliphatic rings. The summed E-state index contributed by atoms with van der Waals surface area (Å²) >= 11 is 0. The summed E-state index contributed by atoms with van der Waals surface area (Å²) in [7, 11) is 0. The molecule has 1 saturated heterocycles. The van der Waals surface area contributed by atoms with Crippen LogP contribution in [-0.2, 0) is 11.2 Å². The first kappa shape index (κ1) is 18.7. The summed E-state index contributed by atoms with van der Waals surface area (Å²) in [5.74, 6) is 0.391. The average Bonchev–Trinajstić information content (AvgIpc) is 3.52. The predicted molar refractivity (Wildman–Crippen MR) is 108 cm³/mol. The molecule has 5 nitrogen and oxygen atoms in total. The predicted octanol–water partition coefficient (Wildman–Crippen LogP) is 3.23. The minimum absolute atomic E-state index is 0.00687. The zero-order valence-corrected chi connectivity index (χ0v) is 16.4. The summed E-state index contributed by atoms with van der Waals surface area (Å²) in [6, 6.07) is 14.0. The highest BCUT2D eigenvalue weighted by Gasteiger charge is 2.30. The summed E-state index contributed by atoms with van der Waals surface area (Å²) in [6.07, 6.45) is 4.29. The van der Waals surface area contributed by atoms with Gasteiger partial charge in [0, 0.05) is 30.7 Å². The van der Waals surface area contributed by atoms with Crippen molar-refractivity contribution in [2.75, 3.05) is 13.1 Å². The Morgan fingerprint density at radius 3 is 2.43 bits per heavy atom. The van der Waals surface area contributed by atoms with Crippen LogP contribution in [0.5, 0.6) is 0 Å². The van der Waals surface area contributed by atoms with Crippen LogP contribution < -0.4 is 5.32 Å². The molecule has 1 aromatic heterocycles. The number of likely N-dealkylation sites (tertiary alicyclic amines) is 1. The van der Waals surface area contributed by atoms with Gasteiger partial charge in [0.1, 0.15) is 0 Å². The van der Waals surface area contributed by atoms with E-state index in [1.807, 2.05) is 54.3 Å². The Hall–Kier alpha value is -2.69. The lowest BCUT2D eigenvalue weighted by molar-refractivity contribution is -0.131. The maximum atomic E-state index is 12.6. The van der Waals surface area contributed by atoms with E-state index in [0.717, 1.165) is 55.7 Å². The van der Waals surface area contributed by atoms with Crippen molar-refractivity contribution < 1.29 is 9.59 Å². The largest absolute Gasteiger partial charge is 0.349 e. The summed E-state index contributed by atoms with van der Waals surface area (Å²) in [5, 5.41) is 3.08. The number of hydrogen-bond acceptors (Lipinski definition) is 3. The number of benzene rings is 1. The highest BCUT2D eigenvalue weighted by molar-refractivity contribution is 5.95. The van der Waals surface area contributed by atoms with Gasteiger partial charge in [0.15, 0.2) is 0 Å². The fraction of sp³-hybridized carbons (Fsp3) is 0.435. The van der Waals surface area contributed by atoms with Crippen LogP contribution in [0.3, 0.4) is 0 Å². The molecule has 1 aliphatic carbocycles. The second kappa shape index (κ2) is 8.13. The first-order valence-corrected chi connectivity index (χ1v) is 10.2. The van der Waals surface area contributed by atoms with Crippen LogP contribution in [0.15, 0.2) is 42.5 Å². The van der Waals surface area contributed by atoms with Crippen LogP contribution in [0.25, 0.3) is 0 Å². The number of aromatic nitrogens is 1. The lowest BCUT2D eigenvalue weighted by Gasteiger charge is -2.32. The number of amides is 2. The van der Waals surface area contributed by atoms with Gasteiger partial charge in [-0.3, -0.25) is 14.6 Å². The fourth-order valence-electron chi connectivity index (χ4n) is 3.86. The number of nitrogens with zero attached hydrogens (tertiary/aromatic N) is 2. The van der Waals surface area contributed by atoms with Gasteiger partial charge >= 0.3 is 0 Å². The van der Waals surface area contributed by atoms with Crippen LogP contribution >= 0.6 is 0 Å². The molecule has 2 aromatic rings. The van der Waals surface area contributed by atoms with Gasteiger partial charge in [0.25, 0.3) is 5.91 Å². The molecule has 1 aromatic carbocycles. The minimum atomic E-state index is -0.00687. The van der Waals surface area contributed by atoms with Crippen LogP contribution in [0.4, 0.5) is 0 Å². The van der Waals surface area contributed by atoms with Gasteiger partial charge in [-0.1, -0.05) is 30.3 Å². The molecule has 2 heterocycles. The third kappa shape index (κ3) is 4.41. The van der Waals surface area contributed by atoms with Gasteiger partial charge < -0.3 is 10.2 Å². The molecule has 2 fully saturated rings. The minimum Gasteiger partial charge on any atom is -0.349 e. The van der Waals surface area contributed by atoms with E-state index in [4.69, 9.17) is 4.98 Å². The van der Waals surface area contributed by atoms with E-state index in [9.17, 15) is 9.59 Å². The summed E-state index contributed by atoms with van der Waals surface area (Å²) in [4.78, 5) is 31.9. The smallest absolute Gasteiger partial charge is 0.253 e. The summed E-state index contributed by atoms with van der Waals surface area (Å²) < 4.78 is 0. The Balaban J connectivity index is 1.41. The number of carbonyl (C=O) groups is 2. The molecular formula is C23H27N3O2. The third-order valence-electron chi connectivity index (χ3n) is 5.65. The van der Waals surface area contributed by atoms with E-state index < -0.39 is 0 Å². The van der Waals surface area contributed by atoms with E-state index in [-0.39, 0.29) is 17.7 Å². The van der Waals surface area contributed by atoms with Crippen LogP contribution in [0, 0.1) is 6.92 Å². The Morgan fingerprint density at radius 2 is 1.75 bits per heavy atom. The van der Waals surface area contributed by atoms with Crippen molar-refractivity contribution in [1.29, 1.82) is 0 Å². The Bertz CT molecular complexity index is 853. The second-order valence-corrected chi connectivity index (χ2v) is 7.95. The van der Waals surface area contributed by atoms with Crippen molar-refractivity contribution in [3.05, 3.63) is 65.0 Å². The molecule has 0 spiro atoms. The van der Waals surface area contributed by atoms with Gasteiger partial charge in [-0.25, -0.2) is 0 Å².